The van der Waals surface area contributed by atoms with E-state index in [-0.39, 0.29) is 74.6 Å². The van der Waals surface area contributed by atoms with Gasteiger partial charge in [-0.05, 0) is 144 Å². The van der Waals surface area contributed by atoms with Gasteiger partial charge in [0.25, 0.3) is 0 Å². The number of rotatable bonds is 30. The third kappa shape index (κ3) is 19.3. The fourth-order valence-electron chi connectivity index (χ4n) is 6.63. The summed E-state index contributed by atoms with van der Waals surface area (Å²) in [5.41, 5.74) is -2.05. The second-order valence-electron chi connectivity index (χ2n) is 17.2. The van der Waals surface area contributed by atoms with Gasteiger partial charge >= 0.3 is 43.5 Å². The maximum absolute atomic E-state index is 14.2. The minimum absolute atomic E-state index is 0.0290. The third-order valence-electron chi connectivity index (χ3n) is 7.72. The van der Waals surface area contributed by atoms with Crippen molar-refractivity contribution in [2.75, 3.05) is 0 Å². The molecule has 0 saturated carbocycles. The topological polar surface area (TPSA) is 149 Å². The van der Waals surface area contributed by atoms with Gasteiger partial charge in [0.2, 0.25) is 0 Å². The van der Waals surface area contributed by atoms with Gasteiger partial charge in [0.05, 0.1) is 0 Å². The highest BCUT2D eigenvalue weighted by atomic mass is 28.4. The van der Waals surface area contributed by atoms with E-state index in [1.54, 1.807) is 0 Å². The van der Waals surface area contributed by atoms with Crippen LogP contribution in [0.4, 0.5) is 0 Å². The molecule has 0 unspecified atom stereocenters. The molecule has 0 atom stereocenters. The molecule has 0 amide bonds. The zero-order valence-corrected chi connectivity index (χ0v) is 41.8. The first-order chi connectivity index (χ1) is 26.3. The van der Waals surface area contributed by atoms with Crippen LogP contribution in [-0.4, -0.2) is 95.1 Å². The molecular weight excluding hydrogens is 787 g/mol. The number of hydrogen-bond donors (Lipinski definition) is 0. The zero-order chi connectivity index (χ0) is 43.9. The Kier molecular flexibility index (Phi) is 23.4. The number of hydrogen-bond acceptors (Lipinski definition) is 12. The first-order valence-electron chi connectivity index (χ1n) is 21.3. The van der Waals surface area contributed by atoms with Gasteiger partial charge in [-0.25, -0.2) is 28.1 Å². The van der Waals surface area contributed by atoms with E-state index in [1.807, 2.05) is 125 Å². The summed E-state index contributed by atoms with van der Waals surface area (Å²) in [6.07, 6.45) is -0.463. The molecule has 0 N–H and O–H groups in total. The lowest BCUT2D eigenvalue weighted by molar-refractivity contribution is 0.00159. The lowest BCUT2D eigenvalue weighted by atomic mass is 10.4. The van der Waals surface area contributed by atoms with Crippen LogP contribution in [0.3, 0.4) is 0 Å². The van der Waals surface area contributed by atoms with Crippen molar-refractivity contribution < 1.29 is 39.8 Å². The van der Waals surface area contributed by atoms with Gasteiger partial charge in [-0.1, -0.05) is 0 Å². The minimum Gasteiger partial charge on any atom is -0.371 e. The van der Waals surface area contributed by atoms with E-state index in [0.717, 1.165) is 13.7 Å². The Labute approximate surface area is 347 Å². The summed E-state index contributed by atoms with van der Waals surface area (Å²) in [5, 5.41) is 0. The Morgan fingerprint density at radius 3 is 0.579 bits per heavy atom. The summed E-state index contributed by atoms with van der Waals surface area (Å²) in [5.74, 6) is 0. The summed E-state index contributed by atoms with van der Waals surface area (Å²) in [6.45, 7) is 34.8. The van der Waals surface area contributed by atoms with E-state index in [4.69, 9.17) is 39.8 Å². The molecule has 18 heteroatoms. The van der Waals surface area contributed by atoms with Crippen LogP contribution in [0.2, 0.25) is 18.1 Å². The first-order valence-corrected chi connectivity index (χ1v) is 27.1. The van der Waals surface area contributed by atoms with E-state index in [0.29, 0.717) is 37.4 Å². The summed E-state index contributed by atoms with van der Waals surface area (Å²) >= 11 is 0. The SMILES string of the molecule is CC(C)O[Si](CCCn1c(=O)n(CCC[Si](OC(C)C)(OC(C)C)OC(C)C)c(=O)n(CCC[Si](OC(C)C)(OC(C)C)OC(C)C)c1=O)(OC(C)C)OC(C)C. The van der Waals surface area contributed by atoms with E-state index >= 15 is 0 Å². The van der Waals surface area contributed by atoms with Gasteiger partial charge in [-0.2, -0.15) is 0 Å². The Balaban J connectivity index is 3.79. The molecule has 336 valence electrons. The van der Waals surface area contributed by atoms with Gasteiger partial charge in [0.15, 0.2) is 0 Å². The molecule has 1 rings (SSSR count). The highest BCUT2D eigenvalue weighted by Gasteiger charge is 2.46. The number of aromatic nitrogens is 3. The van der Waals surface area contributed by atoms with Crippen molar-refractivity contribution in [3.05, 3.63) is 31.5 Å². The van der Waals surface area contributed by atoms with Crippen LogP contribution in [0.15, 0.2) is 14.4 Å². The number of nitrogens with zero attached hydrogens (tertiary/aromatic N) is 3. The van der Waals surface area contributed by atoms with Crippen LogP contribution in [0.5, 0.6) is 0 Å². The monoisotopic (exact) mass is 868 g/mol. The maximum Gasteiger partial charge on any atom is 0.501 e. The molecule has 0 aliphatic heterocycles. The van der Waals surface area contributed by atoms with Gasteiger partial charge < -0.3 is 39.8 Å². The molecule has 15 nitrogen and oxygen atoms in total. The van der Waals surface area contributed by atoms with E-state index < -0.39 is 43.5 Å². The quantitative estimate of drug-likeness (QED) is 0.0735. The van der Waals surface area contributed by atoms with Crippen molar-refractivity contribution in [3.63, 3.8) is 0 Å². The Bertz CT molecular complexity index is 1190. The van der Waals surface area contributed by atoms with E-state index in [2.05, 4.69) is 0 Å². The van der Waals surface area contributed by atoms with Gasteiger partial charge in [0.1, 0.15) is 0 Å². The van der Waals surface area contributed by atoms with Gasteiger partial charge in [0, 0.05) is 92.7 Å². The second kappa shape index (κ2) is 24.8. The molecule has 0 bridgehead atoms. The molecule has 0 fully saturated rings. The molecule has 57 heavy (non-hydrogen) atoms. The summed E-state index contributed by atoms with van der Waals surface area (Å²) in [6, 6.07) is 1.10. The molecule has 0 aromatic carbocycles. The fourth-order valence-corrected chi connectivity index (χ4v) is 16.4. The third-order valence-corrected chi connectivity index (χ3v) is 18.1. The predicted octanol–water partition coefficient (Wildman–Crippen LogP) is 6.98. The molecular formula is C39H81N3O12Si3. The van der Waals surface area contributed by atoms with Crippen molar-refractivity contribution in [1.82, 2.24) is 13.7 Å². The molecule has 0 aliphatic rings. The van der Waals surface area contributed by atoms with Crippen LogP contribution < -0.4 is 17.1 Å². The predicted molar refractivity (Wildman–Crippen MR) is 231 cm³/mol. The largest absolute Gasteiger partial charge is 0.501 e. The summed E-state index contributed by atoms with van der Waals surface area (Å²) in [4.78, 5) is 42.7. The van der Waals surface area contributed by atoms with Gasteiger partial charge in [-0.3, -0.25) is 0 Å². The van der Waals surface area contributed by atoms with Gasteiger partial charge in [-0.15, -0.1) is 0 Å². The molecule has 1 aromatic heterocycles. The first kappa shape index (κ1) is 53.7. The molecule has 0 radical (unpaired) electrons. The highest BCUT2D eigenvalue weighted by molar-refractivity contribution is 6.61. The van der Waals surface area contributed by atoms with E-state index in [9.17, 15) is 14.4 Å². The molecule has 1 aromatic rings. The van der Waals surface area contributed by atoms with Crippen LogP contribution in [0.25, 0.3) is 0 Å². The smallest absolute Gasteiger partial charge is 0.371 e. The second-order valence-corrected chi connectivity index (χ2v) is 24.9. The maximum atomic E-state index is 14.2. The van der Waals surface area contributed by atoms with Crippen LogP contribution in [-0.2, 0) is 59.5 Å². The van der Waals surface area contributed by atoms with E-state index in [1.165, 1.54) is 0 Å². The molecule has 1 heterocycles. The van der Waals surface area contributed by atoms with Crippen molar-refractivity contribution in [2.45, 2.75) is 237 Å². The summed E-state index contributed by atoms with van der Waals surface area (Å²) < 4.78 is 60.7. The zero-order valence-electron chi connectivity index (χ0n) is 38.8. The van der Waals surface area contributed by atoms with Crippen LogP contribution >= 0.6 is 0 Å². The molecule has 0 saturated heterocycles. The normalized spacial score (nSPS) is 13.5. The Morgan fingerprint density at radius 2 is 0.456 bits per heavy atom. The standard InChI is InChI=1S/C39H81N3O12Si3/c1-28(2)46-55(47-29(3)4,48-30(5)6)25-19-22-40-37(43)41(23-20-26-56(49-31(7)8,50-32(9)10)51-33(11)12)39(45)42(38(40)44)24-21-27-57(52-34(13)14,53-35(15)16)54-36(17)18/h28-36H,19-27H2,1-18H3. The minimum atomic E-state index is -3.24. The van der Waals surface area contributed by atoms with Crippen molar-refractivity contribution in [1.29, 1.82) is 0 Å². The molecule has 0 aliphatic carbocycles. The fraction of sp³-hybridized carbons (Fsp3) is 0.923. The Morgan fingerprint density at radius 1 is 0.316 bits per heavy atom. The average molecular weight is 868 g/mol. The lowest BCUT2D eigenvalue weighted by Crippen LogP contribution is -2.56. The lowest BCUT2D eigenvalue weighted by Gasteiger charge is -2.34. The van der Waals surface area contributed by atoms with Crippen molar-refractivity contribution >= 4 is 26.4 Å². The van der Waals surface area contributed by atoms with Crippen LogP contribution in [0.1, 0.15) is 144 Å². The summed E-state index contributed by atoms with van der Waals surface area (Å²) in [7, 11) is -9.73. The van der Waals surface area contributed by atoms with Crippen molar-refractivity contribution in [2.24, 2.45) is 0 Å². The average Bonchev–Trinajstić information content (AvgIpc) is 2.99. The highest BCUT2D eigenvalue weighted by Crippen LogP contribution is 2.26. The van der Waals surface area contributed by atoms with Crippen molar-refractivity contribution in [3.8, 4) is 0 Å². The van der Waals surface area contributed by atoms with Crippen LogP contribution in [0, 0.1) is 0 Å². The molecule has 0 spiro atoms. The Hall–Kier alpha value is -1.30.